The van der Waals surface area contributed by atoms with E-state index in [2.05, 4.69) is 4.98 Å². The lowest BCUT2D eigenvalue weighted by atomic mass is 10.2. The topological polar surface area (TPSA) is 95.1 Å². The van der Waals surface area contributed by atoms with Crippen molar-refractivity contribution in [3.05, 3.63) is 64.0 Å². The van der Waals surface area contributed by atoms with Crippen LogP contribution in [0.3, 0.4) is 0 Å². The van der Waals surface area contributed by atoms with E-state index in [0.29, 0.717) is 16.9 Å². The van der Waals surface area contributed by atoms with Crippen molar-refractivity contribution in [3.63, 3.8) is 0 Å². The summed E-state index contributed by atoms with van der Waals surface area (Å²) in [7, 11) is -3.99. The normalized spacial score (nSPS) is 11.7. The van der Waals surface area contributed by atoms with E-state index in [4.69, 9.17) is 0 Å². The van der Waals surface area contributed by atoms with Gasteiger partial charge in [-0.25, -0.2) is 17.4 Å². The lowest BCUT2D eigenvalue weighted by molar-refractivity contribution is -0.385. The van der Waals surface area contributed by atoms with Crippen LogP contribution in [0.4, 0.5) is 5.69 Å². The highest BCUT2D eigenvalue weighted by Crippen LogP contribution is 2.29. The highest BCUT2D eigenvalue weighted by atomic mass is 32.2. The van der Waals surface area contributed by atoms with E-state index in [-0.39, 0.29) is 16.1 Å². The van der Waals surface area contributed by atoms with Crippen molar-refractivity contribution in [1.29, 1.82) is 0 Å². The molecule has 1 heterocycles. The van der Waals surface area contributed by atoms with Gasteiger partial charge in [0.05, 0.1) is 20.9 Å². The van der Waals surface area contributed by atoms with E-state index in [1.165, 1.54) is 25.1 Å². The Kier molecular flexibility index (Phi) is 3.41. The Labute approximate surface area is 132 Å². The van der Waals surface area contributed by atoms with Crippen LogP contribution in [0.2, 0.25) is 0 Å². The summed E-state index contributed by atoms with van der Waals surface area (Å²) in [5.74, 6) is 0.303. The predicted octanol–water partition coefficient (Wildman–Crippen LogP) is 2.80. The Bertz CT molecular complexity index is 1040. The molecule has 0 aliphatic carbocycles. The summed E-state index contributed by atoms with van der Waals surface area (Å²) in [5.41, 5.74) is 0.871. The van der Waals surface area contributed by atoms with Gasteiger partial charge in [-0.2, -0.15) is 0 Å². The van der Waals surface area contributed by atoms with E-state index in [1.807, 2.05) is 0 Å². The summed E-state index contributed by atoms with van der Waals surface area (Å²) in [6.45, 7) is 3.02. The molecular weight excluding hydrogens is 318 g/mol. The number of nitro groups is 1. The summed E-state index contributed by atoms with van der Waals surface area (Å²) < 4.78 is 27.2. The van der Waals surface area contributed by atoms with Gasteiger partial charge in [-0.15, -0.1) is 0 Å². The van der Waals surface area contributed by atoms with Crippen LogP contribution in [0.15, 0.2) is 47.4 Å². The van der Waals surface area contributed by atoms with Crippen molar-refractivity contribution in [1.82, 2.24) is 8.96 Å². The Morgan fingerprint density at radius 3 is 2.48 bits per heavy atom. The average Bonchev–Trinajstić information content (AvgIpc) is 2.83. The predicted molar refractivity (Wildman–Crippen MR) is 84.9 cm³/mol. The summed E-state index contributed by atoms with van der Waals surface area (Å²) >= 11 is 0. The van der Waals surface area contributed by atoms with Crippen molar-refractivity contribution in [2.75, 3.05) is 0 Å². The second kappa shape index (κ2) is 5.17. The van der Waals surface area contributed by atoms with E-state index in [1.54, 1.807) is 31.2 Å². The number of hydrogen-bond donors (Lipinski definition) is 0. The number of hydrogen-bond acceptors (Lipinski definition) is 5. The molecule has 2 aromatic carbocycles. The van der Waals surface area contributed by atoms with Gasteiger partial charge in [0.2, 0.25) is 0 Å². The first-order valence-corrected chi connectivity index (χ1v) is 8.21. The zero-order valence-electron chi connectivity index (χ0n) is 12.4. The third-order valence-electron chi connectivity index (χ3n) is 3.65. The molecule has 0 N–H and O–H groups in total. The van der Waals surface area contributed by atoms with Crippen LogP contribution in [-0.2, 0) is 10.0 Å². The van der Waals surface area contributed by atoms with Crippen molar-refractivity contribution in [2.45, 2.75) is 18.7 Å². The molecule has 0 aliphatic heterocycles. The number of aryl methyl sites for hydroxylation is 1. The van der Waals surface area contributed by atoms with Crippen molar-refractivity contribution < 1.29 is 13.3 Å². The first kappa shape index (κ1) is 15.2. The maximum atomic E-state index is 13.0. The first-order valence-electron chi connectivity index (χ1n) is 6.77. The zero-order chi connectivity index (χ0) is 16.8. The minimum absolute atomic E-state index is 0.0991. The molecule has 0 radical (unpaired) electrons. The first-order chi connectivity index (χ1) is 10.8. The monoisotopic (exact) mass is 331 g/mol. The molecule has 0 saturated heterocycles. The quantitative estimate of drug-likeness (QED) is 0.543. The minimum Gasteiger partial charge on any atom is -0.258 e. The van der Waals surface area contributed by atoms with Crippen LogP contribution < -0.4 is 0 Å². The molecule has 0 atom stereocenters. The molecule has 0 bridgehead atoms. The fraction of sp³-hybridized carbons (Fsp3) is 0.133. The molecular formula is C15H13N3O4S. The molecule has 0 saturated carbocycles. The van der Waals surface area contributed by atoms with Crippen LogP contribution in [0, 0.1) is 24.0 Å². The maximum Gasteiger partial charge on any atom is 0.273 e. The van der Waals surface area contributed by atoms with Crippen molar-refractivity contribution >= 4 is 26.7 Å². The third kappa shape index (κ3) is 2.27. The highest BCUT2D eigenvalue weighted by molar-refractivity contribution is 7.90. The second-order valence-corrected chi connectivity index (χ2v) is 6.83. The molecule has 0 amide bonds. The molecule has 8 heteroatoms. The van der Waals surface area contributed by atoms with Gasteiger partial charge < -0.3 is 0 Å². The van der Waals surface area contributed by atoms with E-state index in [0.717, 1.165) is 3.97 Å². The van der Waals surface area contributed by atoms with Crippen LogP contribution in [0.1, 0.15) is 11.4 Å². The van der Waals surface area contributed by atoms with Gasteiger partial charge in [0, 0.05) is 11.6 Å². The molecule has 0 unspecified atom stereocenters. The number of para-hydroxylation sites is 2. The average molecular weight is 331 g/mol. The number of aromatic nitrogens is 2. The van der Waals surface area contributed by atoms with Crippen LogP contribution in [0.5, 0.6) is 0 Å². The van der Waals surface area contributed by atoms with Gasteiger partial charge in [-0.05, 0) is 32.0 Å². The number of fused-ring (bicyclic) bond motifs is 1. The number of benzene rings is 2. The van der Waals surface area contributed by atoms with Gasteiger partial charge >= 0.3 is 0 Å². The van der Waals surface area contributed by atoms with Crippen LogP contribution >= 0.6 is 0 Å². The van der Waals surface area contributed by atoms with E-state index >= 15 is 0 Å². The lowest BCUT2D eigenvalue weighted by Gasteiger charge is -2.11. The molecule has 3 rings (SSSR count). The fourth-order valence-electron chi connectivity index (χ4n) is 2.61. The van der Waals surface area contributed by atoms with Gasteiger partial charge in [-0.1, -0.05) is 18.2 Å². The van der Waals surface area contributed by atoms with Crippen molar-refractivity contribution in [3.8, 4) is 0 Å². The molecule has 0 fully saturated rings. The van der Waals surface area contributed by atoms with E-state index < -0.39 is 14.9 Å². The second-order valence-electron chi connectivity index (χ2n) is 5.07. The third-order valence-corrected chi connectivity index (χ3v) is 5.59. The smallest absolute Gasteiger partial charge is 0.258 e. The Hall–Kier alpha value is -2.74. The summed E-state index contributed by atoms with van der Waals surface area (Å²) in [5, 5.41) is 11.1. The van der Waals surface area contributed by atoms with Gasteiger partial charge in [0.15, 0.2) is 0 Å². The molecule has 3 aromatic rings. The molecule has 7 nitrogen and oxygen atoms in total. The SMILES string of the molecule is Cc1c([N+](=O)[O-])cccc1S(=O)(=O)n1c(C)nc2ccccc21. The van der Waals surface area contributed by atoms with Gasteiger partial charge in [-0.3, -0.25) is 10.1 Å². The van der Waals surface area contributed by atoms with E-state index in [9.17, 15) is 18.5 Å². The number of rotatable bonds is 3. The molecule has 1 aromatic heterocycles. The molecule has 23 heavy (non-hydrogen) atoms. The largest absolute Gasteiger partial charge is 0.273 e. The zero-order valence-corrected chi connectivity index (χ0v) is 13.2. The highest BCUT2D eigenvalue weighted by Gasteiger charge is 2.27. The standard InChI is InChI=1S/C15H13N3O4S/c1-10-13(18(19)20)8-5-9-15(10)23(21,22)17-11(2)16-12-6-3-4-7-14(12)17/h3-9H,1-2H3. The molecule has 0 aliphatic rings. The lowest BCUT2D eigenvalue weighted by Crippen LogP contribution is -2.16. The number of nitro benzene ring substituents is 1. The Balaban J connectivity index is 2.33. The summed E-state index contributed by atoms with van der Waals surface area (Å²) in [4.78, 5) is 14.6. The van der Waals surface area contributed by atoms with Gasteiger partial charge in [0.25, 0.3) is 15.7 Å². The number of imidazole rings is 1. The molecule has 0 spiro atoms. The fourth-order valence-corrected chi connectivity index (χ4v) is 4.35. The Morgan fingerprint density at radius 1 is 1.09 bits per heavy atom. The Morgan fingerprint density at radius 2 is 1.78 bits per heavy atom. The minimum atomic E-state index is -3.99. The summed E-state index contributed by atoms with van der Waals surface area (Å²) in [6.07, 6.45) is 0. The number of nitrogens with zero attached hydrogens (tertiary/aromatic N) is 3. The molecule has 118 valence electrons. The van der Waals surface area contributed by atoms with Gasteiger partial charge in [0.1, 0.15) is 5.82 Å². The van der Waals surface area contributed by atoms with Crippen molar-refractivity contribution in [2.24, 2.45) is 0 Å². The maximum absolute atomic E-state index is 13.0. The van der Waals surface area contributed by atoms with Crippen LogP contribution in [-0.4, -0.2) is 22.3 Å². The van der Waals surface area contributed by atoms with Crippen LogP contribution in [0.25, 0.3) is 11.0 Å². The summed E-state index contributed by atoms with van der Waals surface area (Å²) in [6, 6.07) is 10.9.